The zero-order valence-corrected chi connectivity index (χ0v) is 13.2. The number of hydrogen-bond acceptors (Lipinski definition) is 2. The standard InChI is InChI=1S/C15H19BrN2O2/c1-3-10-17-15(20)11(2)18-14(19)9-8-12-6-4-5-7-13(12)16/h4-9,11H,3,10H2,1-2H3,(H,17,20)(H,18,19)/b9-8+/t11-/m1/s1. The van der Waals surface area contributed by atoms with Crippen LogP contribution in [0.25, 0.3) is 6.08 Å². The molecule has 20 heavy (non-hydrogen) atoms. The van der Waals surface area contributed by atoms with Crippen LogP contribution in [0, 0.1) is 0 Å². The number of carbonyl (C=O) groups excluding carboxylic acids is 2. The van der Waals surface area contributed by atoms with Crippen LogP contribution in [-0.4, -0.2) is 24.4 Å². The van der Waals surface area contributed by atoms with Gasteiger partial charge in [0.25, 0.3) is 0 Å². The fourth-order valence-electron chi connectivity index (χ4n) is 1.50. The van der Waals surface area contributed by atoms with Gasteiger partial charge in [0, 0.05) is 17.1 Å². The molecule has 1 atom stereocenters. The SMILES string of the molecule is CCCNC(=O)[C@@H](C)NC(=O)/C=C/c1ccccc1Br. The van der Waals surface area contributed by atoms with E-state index in [1.54, 1.807) is 13.0 Å². The quantitative estimate of drug-likeness (QED) is 0.783. The molecule has 0 aliphatic carbocycles. The Morgan fingerprint density at radius 1 is 1.35 bits per heavy atom. The zero-order chi connectivity index (χ0) is 15.0. The third-order valence-electron chi connectivity index (χ3n) is 2.62. The van der Waals surface area contributed by atoms with Crippen molar-refractivity contribution in [2.45, 2.75) is 26.3 Å². The molecule has 0 aliphatic heterocycles. The molecule has 0 saturated heterocycles. The Labute approximate surface area is 127 Å². The van der Waals surface area contributed by atoms with E-state index in [2.05, 4.69) is 26.6 Å². The van der Waals surface area contributed by atoms with Gasteiger partial charge in [-0.05, 0) is 31.1 Å². The van der Waals surface area contributed by atoms with Crippen LogP contribution >= 0.6 is 15.9 Å². The summed E-state index contributed by atoms with van der Waals surface area (Å²) < 4.78 is 0.915. The summed E-state index contributed by atoms with van der Waals surface area (Å²) in [6.45, 7) is 4.25. The number of hydrogen-bond donors (Lipinski definition) is 2. The van der Waals surface area contributed by atoms with Crippen LogP contribution < -0.4 is 10.6 Å². The maximum atomic E-state index is 11.7. The molecular weight excluding hydrogens is 320 g/mol. The van der Waals surface area contributed by atoms with Crippen LogP contribution in [0.5, 0.6) is 0 Å². The predicted molar refractivity (Wildman–Crippen MR) is 84.1 cm³/mol. The van der Waals surface area contributed by atoms with Gasteiger partial charge in [-0.2, -0.15) is 0 Å². The number of nitrogens with one attached hydrogen (secondary N) is 2. The van der Waals surface area contributed by atoms with E-state index in [4.69, 9.17) is 0 Å². The minimum Gasteiger partial charge on any atom is -0.354 e. The maximum Gasteiger partial charge on any atom is 0.244 e. The van der Waals surface area contributed by atoms with E-state index in [0.29, 0.717) is 6.54 Å². The normalized spacial score (nSPS) is 12.2. The maximum absolute atomic E-state index is 11.7. The summed E-state index contributed by atoms with van der Waals surface area (Å²) in [5.41, 5.74) is 0.908. The highest BCUT2D eigenvalue weighted by molar-refractivity contribution is 9.10. The third kappa shape index (κ3) is 5.57. The highest BCUT2D eigenvalue weighted by atomic mass is 79.9. The topological polar surface area (TPSA) is 58.2 Å². The van der Waals surface area contributed by atoms with Crippen molar-refractivity contribution in [3.05, 3.63) is 40.4 Å². The van der Waals surface area contributed by atoms with E-state index in [1.165, 1.54) is 6.08 Å². The van der Waals surface area contributed by atoms with Gasteiger partial charge in [0.2, 0.25) is 11.8 Å². The molecule has 0 bridgehead atoms. The predicted octanol–water partition coefficient (Wildman–Crippen LogP) is 2.49. The molecule has 0 fully saturated rings. The van der Waals surface area contributed by atoms with E-state index in [0.717, 1.165) is 16.5 Å². The molecule has 4 nitrogen and oxygen atoms in total. The second-order valence-electron chi connectivity index (χ2n) is 4.38. The van der Waals surface area contributed by atoms with Crippen molar-refractivity contribution >= 4 is 33.8 Å². The van der Waals surface area contributed by atoms with Crippen molar-refractivity contribution in [2.24, 2.45) is 0 Å². The molecule has 1 aromatic rings. The molecule has 0 aromatic heterocycles. The largest absolute Gasteiger partial charge is 0.354 e. The Hall–Kier alpha value is -1.62. The first-order valence-corrected chi connectivity index (χ1v) is 7.34. The van der Waals surface area contributed by atoms with Crippen molar-refractivity contribution in [1.29, 1.82) is 0 Å². The Kier molecular flexibility index (Phi) is 7.01. The van der Waals surface area contributed by atoms with Crippen LogP contribution in [0.1, 0.15) is 25.8 Å². The van der Waals surface area contributed by atoms with Gasteiger partial charge >= 0.3 is 0 Å². The monoisotopic (exact) mass is 338 g/mol. The number of carbonyl (C=O) groups is 2. The lowest BCUT2D eigenvalue weighted by atomic mass is 10.2. The van der Waals surface area contributed by atoms with Crippen LogP contribution in [0.3, 0.4) is 0 Å². The molecule has 2 N–H and O–H groups in total. The average Bonchev–Trinajstić information content (AvgIpc) is 2.43. The minimum absolute atomic E-state index is 0.172. The second kappa shape index (κ2) is 8.53. The summed E-state index contributed by atoms with van der Waals surface area (Å²) in [5, 5.41) is 5.36. The van der Waals surface area contributed by atoms with Crippen molar-refractivity contribution < 1.29 is 9.59 Å². The second-order valence-corrected chi connectivity index (χ2v) is 5.23. The average molecular weight is 339 g/mol. The molecule has 0 heterocycles. The first kappa shape index (κ1) is 16.4. The summed E-state index contributed by atoms with van der Waals surface area (Å²) in [6.07, 6.45) is 3.99. The third-order valence-corrected chi connectivity index (χ3v) is 3.34. The fourth-order valence-corrected chi connectivity index (χ4v) is 1.92. The summed E-state index contributed by atoms with van der Waals surface area (Å²) in [6, 6.07) is 7.05. The summed E-state index contributed by atoms with van der Waals surface area (Å²) in [5.74, 6) is -0.464. The molecular formula is C15H19BrN2O2. The van der Waals surface area contributed by atoms with Crippen molar-refractivity contribution in [1.82, 2.24) is 10.6 Å². The molecule has 0 aliphatic rings. The minimum atomic E-state index is -0.544. The molecule has 108 valence electrons. The van der Waals surface area contributed by atoms with Gasteiger partial charge in [-0.1, -0.05) is 41.1 Å². The van der Waals surface area contributed by atoms with Gasteiger partial charge in [0.05, 0.1) is 0 Å². The van der Waals surface area contributed by atoms with Crippen molar-refractivity contribution in [2.75, 3.05) is 6.54 Å². The van der Waals surface area contributed by atoms with Crippen LogP contribution in [0.4, 0.5) is 0 Å². The first-order valence-electron chi connectivity index (χ1n) is 6.55. The number of benzene rings is 1. The van der Waals surface area contributed by atoms with Gasteiger partial charge in [-0.15, -0.1) is 0 Å². The van der Waals surface area contributed by atoms with Gasteiger partial charge in [-0.3, -0.25) is 9.59 Å². The first-order chi connectivity index (χ1) is 9.54. The Bertz CT molecular complexity index is 500. The van der Waals surface area contributed by atoms with E-state index >= 15 is 0 Å². The lowest BCUT2D eigenvalue weighted by molar-refractivity contribution is -0.126. The van der Waals surface area contributed by atoms with Gasteiger partial charge in [0.15, 0.2) is 0 Å². The van der Waals surface area contributed by atoms with E-state index in [9.17, 15) is 9.59 Å². The molecule has 0 radical (unpaired) electrons. The summed E-state index contributed by atoms with van der Waals surface area (Å²) in [7, 11) is 0. The number of rotatable bonds is 6. The highest BCUT2D eigenvalue weighted by Gasteiger charge is 2.13. The van der Waals surface area contributed by atoms with Crippen molar-refractivity contribution in [3.63, 3.8) is 0 Å². The summed E-state index contributed by atoms with van der Waals surface area (Å²) >= 11 is 3.40. The zero-order valence-electron chi connectivity index (χ0n) is 11.7. The van der Waals surface area contributed by atoms with E-state index < -0.39 is 6.04 Å². The molecule has 1 rings (SSSR count). The van der Waals surface area contributed by atoms with Crippen LogP contribution in [0.2, 0.25) is 0 Å². The Morgan fingerprint density at radius 3 is 2.70 bits per heavy atom. The van der Waals surface area contributed by atoms with E-state index in [-0.39, 0.29) is 11.8 Å². The highest BCUT2D eigenvalue weighted by Crippen LogP contribution is 2.16. The molecule has 0 unspecified atom stereocenters. The molecule has 1 aromatic carbocycles. The Morgan fingerprint density at radius 2 is 2.05 bits per heavy atom. The van der Waals surface area contributed by atoms with Gasteiger partial charge < -0.3 is 10.6 Å². The molecule has 0 saturated carbocycles. The van der Waals surface area contributed by atoms with Crippen LogP contribution in [-0.2, 0) is 9.59 Å². The van der Waals surface area contributed by atoms with Crippen molar-refractivity contribution in [3.8, 4) is 0 Å². The number of amides is 2. The molecule has 2 amide bonds. The molecule has 0 spiro atoms. The van der Waals surface area contributed by atoms with Crippen LogP contribution in [0.15, 0.2) is 34.8 Å². The van der Waals surface area contributed by atoms with E-state index in [1.807, 2.05) is 31.2 Å². The smallest absolute Gasteiger partial charge is 0.244 e. The van der Waals surface area contributed by atoms with Gasteiger partial charge in [-0.25, -0.2) is 0 Å². The number of halogens is 1. The Balaban J connectivity index is 2.51. The van der Waals surface area contributed by atoms with Gasteiger partial charge in [0.1, 0.15) is 6.04 Å². The molecule has 5 heteroatoms. The summed E-state index contributed by atoms with van der Waals surface area (Å²) in [4.78, 5) is 23.3. The lowest BCUT2D eigenvalue weighted by Gasteiger charge is -2.12. The fraction of sp³-hybridized carbons (Fsp3) is 0.333. The lowest BCUT2D eigenvalue weighted by Crippen LogP contribution is -2.44.